The van der Waals surface area contributed by atoms with E-state index in [1.165, 1.54) is 31.2 Å². The normalized spacial score (nSPS) is 35.8. The molecule has 1 aromatic carbocycles. The molecule has 3 unspecified atom stereocenters. The van der Waals surface area contributed by atoms with Crippen LogP contribution in [0.25, 0.3) is 0 Å². The molecule has 1 saturated heterocycles. The van der Waals surface area contributed by atoms with Crippen LogP contribution in [0.5, 0.6) is 0 Å². The smallest absolute Gasteiger partial charge is 0.0441 e. The highest BCUT2D eigenvalue weighted by molar-refractivity contribution is 6.31. The third-order valence-corrected chi connectivity index (χ3v) is 6.54. The van der Waals surface area contributed by atoms with Gasteiger partial charge in [0.25, 0.3) is 0 Å². The van der Waals surface area contributed by atoms with Crippen LogP contribution in [0.4, 0.5) is 0 Å². The molecule has 0 radical (unpaired) electrons. The minimum absolute atomic E-state index is 0.436. The van der Waals surface area contributed by atoms with Gasteiger partial charge in [0, 0.05) is 17.5 Å². The van der Waals surface area contributed by atoms with Crippen molar-refractivity contribution < 1.29 is 0 Å². The second-order valence-electron chi connectivity index (χ2n) is 8.03. The van der Waals surface area contributed by atoms with Crippen molar-refractivity contribution in [2.75, 3.05) is 13.1 Å². The van der Waals surface area contributed by atoms with Crippen molar-refractivity contribution >= 4 is 11.6 Å². The molecule has 0 aromatic heterocycles. The van der Waals surface area contributed by atoms with E-state index in [-0.39, 0.29) is 0 Å². The summed E-state index contributed by atoms with van der Waals surface area (Å²) in [7, 11) is 0. The number of benzene rings is 1. The van der Waals surface area contributed by atoms with Crippen LogP contribution < -0.4 is 5.32 Å². The zero-order chi connectivity index (χ0) is 15.1. The van der Waals surface area contributed by atoms with E-state index < -0.39 is 0 Å². The van der Waals surface area contributed by atoms with Crippen molar-refractivity contribution in [3.8, 4) is 0 Å². The van der Waals surface area contributed by atoms with Gasteiger partial charge in [0.2, 0.25) is 0 Å². The molecule has 2 heteroatoms. The summed E-state index contributed by atoms with van der Waals surface area (Å²) in [6, 6.07) is 8.48. The maximum atomic E-state index is 6.54. The maximum Gasteiger partial charge on any atom is 0.0441 e. The quantitative estimate of drug-likeness (QED) is 0.747. The Bertz CT molecular complexity index is 510. The van der Waals surface area contributed by atoms with Crippen LogP contribution in [0.3, 0.4) is 0 Å². The molecule has 0 bridgehead atoms. The molecular weight excluding hydrogens is 278 g/mol. The Kier molecular flexibility index (Phi) is 4.09. The van der Waals surface area contributed by atoms with Crippen LogP contribution in [0.1, 0.15) is 57.9 Å². The van der Waals surface area contributed by atoms with Crippen molar-refractivity contribution in [2.45, 2.75) is 52.4 Å². The molecule has 1 aromatic rings. The van der Waals surface area contributed by atoms with Gasteiger partial charge in [-0.15, -0.1) is 0 Å². The number of nitrogens with one attached hydrogen (secondary N) is 1. The van der Waals surface area contributed by atoms with Gasteiger partial charge in [-0.05, 0) is 60.6 Å². The lowest BCUT2D eigenvalue weighted by Gasteiger charge is -2.55. The van der Waals surface area contributed by atoms with Gasteiger partial charge in [-0.25, -0.2) is 0 Å². The molecule has 1 N–H and O–H groups in total. The Morgan fingerprint density at radius 2 is 1.90 bits per heavy atom. The van der Waals surface area contributed by atoms with E-state index in [4.69, 9.17) is 11.6 Å². The summed E-state index contributed by atoms with van der Waals surface area (Å²) in [6.07, 6.45) is 5.32. The van der Waals surface area contributed by atoms with Gasteiger partial charge < -0.3 is 5.32 Å². The summed E-state index contributed by atoms with van der Waals surface area (Å²) in [5.74, 6) is 1.33. The van der Waals surface area contributed by atoms with E-state index in [2.05, 4.69) is 44.3 Å². The molecule has 1 heterocycles. The zero-order valence-corrected chi connectivity index (χ0v) is 14.3. The lowest BCUT2D eigenvalue weighted by molar-refractivity contribution is -0.00698. The lowest BCUT2D eigenvalue weighted by atomic mass is 9.52. The third-order valence-electron chi connectivity index (χ3n) is 6.20. The first-order valence-corrected chi connectivity index (χ1v) is 8.78. The van der Waals surface area contributed by atoms with E-state index in [0.29, 0.717) is 16.7 Å². The fraction of sp³-hybridized carbons (Fsp3) is 0.684. The summed E-state index contributed by atoms with van der Waals surface area (Å²) >= 11 is 6.54. The second-order valence-corrected chi connectivity index (χ2v) is 8.44. The average Bonchev–Trinajstić information content (AvgIpc) is 2.44. The van der Waals surface area contributed by atoms with Crippen LogP contribution in [0, 0.1) is 16.7 Å². The SMILES string of the molecule is CC1CC(C)(C)CCC12CCNCC2c1ccccc1Cl. The number of hydrogen-bond donors (Lipinski definition) is 1. The van der Waals surface area contributed by atoms with E-state index in [1.54, 1.807) is 0 Å². The summed E-state index contributed by atoms with van der Waals surface area (Å²) in [5.41, 5.74) is 2.30. The highest BCUT2D eigenvalue weighted by Crippen LogP contribution is 2.58. The Hall–Kier alpha value is -0.530. The molecule has 3 atom stereocenters. The van der Waals surface area contributed by atoms with Gasteiger partial charge in [-0.1, -0.05) is 50.6 Å². The van der Waals surface area contributed by atoms with Crippen LogP contribution in [-0.2, 0) is 0 Å². The first-order valence-electron chi connectivity index (χ1n) is 8.40. The van der Waals surface area contributed by atoms with Gasteiger partial charge in [0.05, 0.1) is 0 Å². The van der Waals surface area contributed by atoms with Gasteiger partial charge in [0.1, 0.15) is 0 Å². The van der Waals surface area contributed by atoms with Crippen LogP contribution >= 0.6 is 11.6 Å². The Morgan fingerprint density at radius 3 is 2.62 bits per heavy atom. The standard InChI is InChI=1S/C19H28ClN/c1-14-12-18(2,3)8-9-19(14)10-11-21-13-16(19)15-6-4-5-7-17(15)20/h4-7,14,16,21H,8-13H2,1-3H3. The lowest BCUT2D eigenvalue weighted by Crippen LogP contribution is -2.50. The molecule has 0 amide bonds. The van der Waals surface area contributed by atoms with E-state index in [9.17, 15) is 0 Å². The summed E-state index contributed by atoms with van der Waals surface area (Å²) in [4.78, 5) is 0. The second kappa shape index (κ2) is 5.59. The first kappa shape index (κ1) is 15.4. The number of hydrogen-bond acceptors (Lipinski definition) is 1. The third kappa shape index (κ3) is 2.75. The molecule has 21 heavy (non-hydrogen) atoms. The molecule has 1 aliphatic carbocycles. The molecular formula is C19H28ClN. The van der Waals surface area contributed by atoms with Gasteiger partial charge >= 0.3 is 0 Å². The maximum absolute atomic E-state index is 6.54. The molecule has 116 valence electrons. The highest BCUT2D eigenvalue weighted by Gasteiger charge is 2.50. The Balaban J connectivity index is 1.97. The first-order chi connectivity index (χ1) is 9.95. The van der Waals surface area contributed by atoms with Gasteiger partial charge in [-0.3, -0.25) is 0 Å². The minimum Gasteiger partial charge on any atom is -0.316 e. The van der Waals surface area contributed by atoms with Crippen LogP contribution in [0.2, 0.25) is 5.02 Å². The van der Waals surface area contributed by atoms with E-state index in [1.807, 2.05) is 6.07 Å². The van der Waals surface area contributed by atoms with Gasteiger partial charge in [0.15, 0.2) is 0 Å². The summed E-state index contributed by atoms with van der Waals surface area (Å²) in [5, 5.41) is 4.56. The van der Waals surface area contributed by atoms with Gasteiger partial charge in [-0.2, -0.15) is 0 Å². The molecule has 1 aliphatic heterocycles. The number of halogens is 1. The molecule has 3 rings (SSSR count). The van der Waals surface area contributed by atoms with Crippen molar-refractivity contribution in [2.24, 2.45) is 16.7 Å². The monoisotopic (exact) mass is 305 g/mol. The fourth-order valence-electron chi connectivity index (χ4n) is 4.96. The van der Waals surface area contributed by atoms with Crippen molar-refractivity contribution in [3.05, 3.63) is 34.9 Å². The van der Waals surface area contributed by atoms with E-state index in [0.717, 1.165) is 24.0 Å². The molecule has 2 aliphatic rings. The van der Waals surface area contributed by atoms with Crippen molar-refractivity contribution in [1.82, 2.24) is 5.32 Å². The zero-order valence-electron chi connectivity index (χ0n) is 13.6. The molecule has 1 nitrogen and oxygen atoms in total. The largest absolute Gasteiger partial charge is 0.316 e. The topological polar surface area (TPSA) is 12.0 Å². The van der Waals surface area contributed by atoms with Crippen LogP contribution in [-0.4, -0.2) is 13.1 Å². The highest BCUT2D eigenvalue weighted by atomic mass is 35.5. The predicted octanol–water partition coefficient (Wildman–Crippen LogP) is 5.25. The van der Waals surface area contributed by atoms with Crippen LogP contribution in [0.15, 0.2) is 24.3 Å². The van der Waals surface area contributed by atoms with Crippen molar-refractivity contribution in [3.63, 3.8) is 0 Å². The fourth-order valence-corrected chi connectivity index (χ4v) is 5.23. The number of rotatable bonds is 1. The average molecular weight is 306 g/mol. The summed E-state index contributed by atoms with van der Waals surface area (Å²) in [6.45, 7) is 9.58. The molecule has 1 saturated carbocycles. The molecule has 2 fully saturated rings. The minimum atomic E-state index is 0.436. The predicted molar refractivity (Wildman–Crippen MR) is 90.9 cm³/mol. The Morgan fingerprint density at radius 1 is 1.14 bits per heavy atom. The summed E-state index contributed by atoms with van der Waals surface area (Å²) < 4.78 is 0. The Labute approximate surface area is 134 Å². The van der Waals surface area contributed by atoms with E-state index >= 15 is 0 Å². The number of piperidine rings is 1. The molecule has 1 spiro atoms. The van der Waals surface area contributed by atoms with Crippen molar-refractivity contribution in [1.29, 1.82) is 0 Å².